The zero-order chi connectivity index (χ0) is 20.7. The predicted molar refractivity (Wildman–Crippen MR) is 121 cm³/mol. The van der Waals surface area contributed by atoms with Crippen LogP contribution in [-0.4, -0.2) is 24.1 Å². The maximum Gasteiger partial charge on any atom is 0.277 e. The lowest BCUT2D eigenvalue weighted by molar-refractivity contribution is -0.123. The average molecular weight is 576 g/mol. The third-order valence-corrected chi connectivity index (χ3v) is 5.67. The Hall–Kier alpha value is -1.71. The van der Waals surface area contributed by atoms with Crippen LogP contribution in [0.2, 0.25) is 0 Å². The lowest BCUT2D eigenvalue weighted by atomic mass is 10.2. The van der Waals surface area contributed by atoms with E-state index in [4.69, 9.17) is 4.74 Å². The van der Waals surface area contributed by atoms with Gasteiger partial charge >= 0.3 is 0 Å². The van der Waals surface area contributed by atoms with Crippen LogP contribution in [0.1, 0.15) is 18.9 Å². The molecule has 148 valence electrons. The fraction of sp³-hybridized carbons (Fsp3) is 0.211. The van der Waals surface area contributed by atoms with Crippen LogP contribution in [0.4, 0.5) is 5.69 Å². The molecular formula is C19H18Br3N3O3. The summed E-state index contributed by atoms with van der Waals surface area (Å²) in [5.74, 6) is -0.0877. The van der Waals surface area contributed by atoms with Crippen LogP contribution in [0.5, 0.6) is 5.75 Å². The molecule has 0 saturated heterocycles. The first-order valence-electron chi connectivity index (χ1n) is 8.21. The van der Waals surface area contributed by atoms with Crippen molar-refractivity contribution >= 4 is 71.0 Å². The van der Waals surface area contributed by atoms with Crippen molar-refractivity contribution in [1.29, 1.82) is 0 Å². The fourth-order valence-corrected chi connectivity index (χ4v) is 3.60. The van der Waals surface area contributed by atoms with Gasteiger partial charge < -0.3 is 10.1 Å². The van der Waals surface area contributed by atoms with Crippen LogP contribution in [0, 0.1) is 6.92 Å². The van der Waals surface area contributed by atoms with E-state index in [0.29, 0.717) is 17.1 Å². The van der Waals surface area contributed by atoms with E-state index in [1.165, 1.54) is 0 Å². The minimum atomic E-state index is -0.418. The SMILES string of the molecule is C/C(CC(=O)Nc1ccccc1Br)=N\NC(=O)COc1cc(C)c(Br)cc1Br. The monoisotopic (exact) mass is 573 g/mol. The van der Waals surface area contributed by atoms with Gasteiger partial charge in [0.25, 0.3) is 5.91 Å². The van der Waals surface area contributed by atoms with Crippen molar-refractivity contribution in [2.75, 3.05) is 11.9 Å². The second kappa shape index (κ2) is 10.7. The van der Waals surface area contributed by atoms with Crippen LogP contribution >= 0.6 is 47.8 Å². The first-order valence-corrected chi connectivity index (χ1v) is 10.6. The molecule has 6 nitrogen and oxygen atoms in total. The molecule has 2 aromatic rings. The van der Waals surface area contributed by atoms with Crippen molar-refractivity contribution in [2.24, 2.45) is 5.10 Å². The highest BCUT2D eigenvalue weighted by Gasteiger charge is 2.09. The Bertz CT molecular complexity index is 917. The van der Waals surface area contributed by atoms with E-state index < -0.39 is 5.91 Å². The molecule has 28 heavy (non-hydrogen) atoms. The first kappa shape index (κ1) is 22.6. The molecule has 2 aromatic carbocycles. The predicted octanol–water partition coefficient (Wildman–Crippen LogP) is 5.18. The quantitative estimate of drug-likeness (QED) is 0.353. The summed E-state index contributed by atoms with van der Waals surface area (Å²) in [5.41, 5.74) is 4.52. The molecule has 0 saturated carbocycles. The number of aryl methyl sites for hydroxylation is 1. The summed E-state index contributed by atoms with van der Waals surface area (Å²) in [6, 6.07) is 11.0. The number of halogens is 3. The van der Waals surface area contributed by atoms with Gasteiger partial charge in [-0.25, -0.2) is 5.43 Å². The van der Waals surface area contributed by atoms with Crippen molar-refractivity contribution in [3.05, 3.63) is 55.4 Å². The third-order valence-electron chi connectivity index (χ3n) is 3.51. The van der Waals surface area contributed by atoms with Gasteiger partial charge in [0.15, 0.2) is 6.61 Å². The number of anilines is 1. The number of para-hydroxylation sites is 1. The Morgan fingerprint density at radius 3 is 2.46 bits per heavy atom. The van der Waals surface area contributed by atoms with Crippen LogP contribution in [0.3, 0.4) is 0 Å². The molecule has 0 aliphatic carbocycles. The third kappa shape index (κ3) is 7.03. The number of ether oxygens (including phenoxy) is 1. The highest BCUT2D eigenvalue weighted by atomic mass is 79.9. The van der Waals surface area contributed by atoms with Gasteiger partial charge in [-0.1, -0.05) is 28.1 Å². The topological polar surface area (TPSA) is 79.8 Å². The average Bonchev–Trinajstić information content (AvgIpc) is 2.63. The molecule has 0 spiro atoms. The van der Waals surface area contributed by atoms with Gasteiger partial charge in [0.1, 0.15) is 5.75 Å². The standard InChI is InChI=1S/C19H18Br3N3O3/c1-11-7-17(15(22)9-14(11)21)28-10-19(27)25-24-12(2)8-18(26)23-16-6-4-3-5-13(16)20/h3-7,9H,8,10H2,1-2H3,(H,23,26)(H,25,27)/b24-12+. The number of rotatable bonds is 7. The smallest absolute Gasteiger partial charge is 0.277 e. The summed E-state index contributed by atoms with van der Waals surface area (Å²) < 4.78 is 7.98. The fourth-order valence-electron chi connectivity index (χ4n) is 2.10. The van der Waals surface area contributed by atoms with E-state index in [1.54, 1.807) is 13.0 Å². The minimum absolute atomic E-state index is 0.0555. The minimum Gasteiger partial charge on any atom is -0.483 e. The Labute approximate surface area is 188 Å². The van der Waals surface area contributed by atoms with Gasteiger partial charge in [-0.2, -0.15) is 5.10 Å². The van der Waals surface area contributed by atoms with Gasteiger partial charge in [0.2, 0.25) is 5.91 Å². The molecule has 0 bridgehead atoms. The molecule has 2 N–H and O–H groups in total. The molecule has 2 rings (SSSR count). The summed E-state index contributed by atoms with van der Waals surface area (Å²) in [4.78, 5) is 24.0. The van der Waals surface area contributed by atoms with Crippen LogP contribution in [0.15, 0.2) is 54.9 Å². The summed E-state index contributed by atoms with van der Waals surface area (Å²) in [6.45, 7) is 3.39. The summed E-state index contributed by atoms with van der Waals surface area (Å²) in [6.07, 6.45) is 0.0555. The van der Waals surface area contributed by atoms with Crippen molar-refractivity contribution in [2.45, 2.75) is 20.3 Å². The molecule has 0 radical (unpaired) electrons. The molecule has 0 unspecified atom stereocenters. The molecule has 9 heteroatoms. The summed E-state index contributed by atoms with van der Waals surface area (Å²) >= 11 is 10.2. The van der Waals surface area contributed by atoms with Crippen molar-refractivity contribution in [3.63, 3.8) is 0 Å². The summed E-state index contributed by atoms with van der Waals surface area (Å²) in [7, 11) is 0. The Morgan fingerprint density at radius 2 is 1.75 bits per heavy atom. The van der Waals surface area contributed by atoms with Crippen molar-refractivity contribution in [1.82, 2.24) is 5.43 Å². The summed E-state index contributed by atoms with van der Waals surface area (Å²) in [5, 5.41) is 6.72. The maximum absolute atomic E-state index is 12.1. The highest BCUT2D eigenvalue weighted by molar-refractivity contribution is 9.11. The zero-order valence-corrected chi connectivity index (χ0v) is 19.9. The van der Waals surface area contributed by atoms with E-state index in [0.717, 1.165) is 19.0 Å². The maximum atomic E-state index is 12.1. The van der Waals surface area contributed by atoms with Crippen LogP contribution in [0.25, 0.3) is 0 Å². The largest absolute Gasteiger partial charge is 0.483 e. The molecule has 2 amide bonds. The van der Waals surface area contributed by atoms with Crippen LogP contribution in [-0.2, 0) is 9.59 Å². The number of benzene rings is 2. The van der Waals surface area contributed by atoms with E-state index in [-0.39, 0.29) is 18.9 Å². The molecule has 0 aliphatic rings. The Morgan fingerprint density at radius 1 is 1.04 bits per heavy atom. The first-order chi connectivity index (χ1) is 13.3. The number of hydrogen-bond donors (Lipinski definition) is 2. The number of nitrogens with zero attached hydrogens (tertiary/aromatic N) is 1. The molecule has 0 fully saturated rings. The molecular weight excluding hydrogens is 558 g/mol. The van der Waals surface area contributed by atoms with Gasteiger partial charge in [0, 0.05) is 14.7 Å². The van der Waals surface area contributed by atoms with Gasteiger partial charge in [-0.3, -0.25) is 9.59 Å². The van der Waals surface area contributed by atoms with E-state index in [2.05, 4.69) is 63.6 Å². The number of carbonyl (C=O) groups is 2. The lowest BCUT2D eigenvalue weighted by Gasteiger charge is -2.10. The van der Waals surface area contributed by atoms with Gasteiger partial charge in [0.05, 0.1) is 16.6 Å². The van der Waals surface area contributed by atoms with E-state index in [1.807, 2.05) is 37.3 Å². The molecule has 0 aromatic heterocycles. The second-order valence-corrected chi connectivity index (χ2v) is 8.47. The zero-order valence-electron chi connectivity index (χ0n) is 15.2. The normalized spacial score (nSPS) is 11.1. The van der Waals surface area contributed by atoms with Gasteiger partial charge in [-0.15, -0.1) is 0 Å². The Balaban J connectivity index is 1.82. The molecule has 0 heterocycles. The van der Waals surface area contributed by atoms with Crippen LogP contribution < -0.4 is 15.5 Å². The van der Waals surface area contributed by atoms with Crippen molar-refractivity contribution in [3.8, 4) is 5.75 Å². The molecule has 0 atom stereocenters. The number of hydrazone groups is 1. The number of hydrogen-bond acceptors (Lipinski definition) is 4. The highest BCUT2D eigenvalue weighted by Crippen LogP contribution is 2.31. The van der Waals surface area contributed by atoms with E-state index in [9.17, 15) is 9.59 Å². The van der Waals surface area contributed by atoms with E-state index >= 15 is 0 Å². The number of carbonyl (C=O) groups excluding carboxylic acids is 2. The number of amides is 2. The Kier molecular flexibility index (Phi) is 8.65. The van der Waals surface area contributed by atoms with Crippen molar-refractivity contribution < 1.29 is 14.3 Å². The second-order valence-electron chi connectivity index (χ2n) is 5.91. The molecule has 0 aliphatic heterocycles. The van der Waals surface area contributed by atoms with Gasteiger partial charge in [-0.05, 0) is 75.5 Å². The lowest BCUT2D eigenvalue weighted by Crippen LogP contribution is -2.26. The number of nitrogens with one attached hydrogen (secondary N) is 2.